The molecule has 0 unspecified atom stereocenters. The van der Waals surface area contributed by atoms with E-state index in [0.29, 0.717) is 30.9 Å². The number of nitrogens with one attached hydrogen (secondary N) is 1. The molecule has 0 bridgehead atoms. The van der Waals surface area contributed by atoms with Gasteiger partial charge in [-0.2, -0.15) is 5.26 Å². The molecule has 8 nitrogen and oxygen atoms in total. The zero-order valence-corrected chi connectivity index (χ0v) is 15.7. The van der Waals surface area contributed by atoms with Crippen LogP contribution in [0.1, 0.15) is 31.4 Å². The Morgan fingerprint density at radius 2 is 1.75 bits per heavy atom. The molecular weight excluding hydrogens is 362 g/mol. The fourth-order valence-electron chi connectivity index (χ4n) is 2.55. The van der Waals surface area contributed by atoms with Gasteiger partial charge in [-0.25, -0.2) is 0 Å². The lowest BCUT2D eigenvalue weighted by Crippen LogP contribution is -2.14. The maximum absolute atomic E-state index is 12.3. The highest BCUT2D eigenvalue weighted by atomic mass is 16.6. The number of hydrogen-bond donors (Lipinski definition) is 1. The minimum Gasteiger partial charge on any atom is -0.490 e. The number of carbonyl (C=O) groups excluding carboxylic acids is 1. The SMILES string of the molecule is CCOc1cc(NC(=O)CCc2ccc(C#N)cc2)c([N+](=O)[O-])cc1OCC. The topological polar surface area (TPSA) is 114 Å². The first-order valence-electron chi connectivity index (χ1n) is 8.85. The Kier molecular flexibility index (Phi) is 7.34. The average molecular weight is 383 g/mol. The largest absolute Gasteiger partial charge is 0.490 e. The number of rotatable bonds is 9. The molecular formula is C20H21N3O5. The summed E-state index contributed by atoms with van der Waals surface area (Å²) in [6.07, 6.45) is 0.584. The van der Waals surface area contributed by atoms with Crippen molar-refractivity contribution in [2.75, 3.05) is 18.5 Å². The molecule has 0 saturated heterocycles. The first kappa shape index (κ1) is 20.7. The lowest BCUT2D eigenvalue weighted by molar-refractivity contribution is -0.384. The molecule has 0 saturated carbocycles. The number of amides is 1. The number of nitro groups is 1. The summed E-state index contributed by atoms with van der Waals surface area (Å²) in [6, 6.07) is 11.6. The van der Waals surface area contributed by atoms with Crippen LogP contribution in [-0.2, 0) is 11.2 Å². The number of nitro benzene ring substituents is 1. The summed E-state index contributed by atoms with van der Waals surface area (Å²) in [7, 11) is 0. The third kappa shape index (κ3) is 5.45. The Morgan fingerprint density at radius 1 is 1.14 bits per heavy atom. The molecule has 1 N–H and O–H groups in total. The van der Waals surface area contributed by atoms with E-state index in [1.807, 2.05) is 6.07 Å². The highest BCUT2D eigenvalue weighted by Gasteiger charge is 2.21. The van der Waals surface area contributed by atoms with Gasteiger partial charge in [0.05, 0.1) is 35.8 Å². The molecule has 2 aromatic rings. The van der Waals surface area contributed by atoms with Gasteiger partial charge in [0.2, 0.25) is 5.91 Å². The second-order valence-corrected chi connectivity index (χ2v) is 5.80. The van der Waals surface area contributed by atoms with E-state index in [-0.39, 0.29) is 29.5 Å². The summed E-state index contributed by atoms with van der Waals surface area (Å²) in [4.78, 5) is 23.1. The predicted octanol–water partition coefficient (Wildman–Crippen LogP) is 3.84. The lowest BCUT2D eigenvalue weighted by Gasteiger charge is -2.13. The van der Waals surface area contributed by atoms with E-state index >= 15 is 0 Å². The van der Waals surface area contributed by atoms with Gasteiger partial charge in [0, 0.05) is 12.5 Å². The third-order valence-electron chi connectivity index (χ3n) is 3.86. The zero-order chi connectivity index (χ0) is 20.5. The van der Waals surface area contributed by atoms with Crippen LogP contribution >= 0.6 is 0 Å². The monoisotopic (exact) mass is 383 g/mol. The predicted molar refractivity (Wildman–Crippen MR) is 104 cm³/mol. The summed E-state index contributed by atoms with van der Waals surface area (Å²) < 4.78 is 10.9. The maximum Gasteiger partial charge on any atom is 0.296 e. The maximum atomic E-state index is 12.3. The highest BCUT2D eigenvalue weighted by Crippen LogP contribution is 2.38. The molecule has 1 amide bonds. The first-order valence-corrected chi connectivity index (χ1v) is 8.85. The number of aryl methyl sites for hydroxylation is 1. The van der Waals surface area contributed by atoms with Crippen LogP contribution in [0.4, 0.5) is 11.4 Å². The molecule has 8 heteroatoms. The van der Waals surface area contributed by atoms with E-state index in [0.717, 1.165) is 5.56 Å². The van der Waals surface area contributed by atoms with Crippen molar-refractivity contribution >= 4 is 17.3 Å². The Morgan fingerprint density at radius 3 is 2.29 bits per heavy atom. The van der Waals surface area contributed by atoms with Crippen molar-refractivity contribution in [3.8, 4) is 17.6 Å². The number of anilines is 1. The van der Waals surface area contributed by atoms with Gasteiger partial charge < -0.3 is 14.8 Å². The molecule has 0 radical (unpaired) electrons. The van der Waals surface area contributed by atoms with Gasteiger partial charge in [-0.3, -0.25) is 14.9 Å². The first-order chi connectivity index (χ1) is 13.5. The summed E-state index contributed by atoms with van der Waals surface area (Å²) in [5, 5.41) is 22.8. The molecule has 0 atom stereocenters. The number of ether oxygens (including phenoxy) is 2. The van der Waals surface area contributed by atoms with E-state index in [1.54, 1.807) is 38.1 Å². The molecule has 146 valence electrons. The molecule has 0 aliphatic heterocycles. The van der Waals surface area contributed by atoms with Gasteiger partial charge in [-0.1, -0.05) is 12.1 Å². The standard InChI is InChI=1S/C20H21N3O5/c1-3-27-18-11-16(17(23(25)26)12-19(18)28-4-2)22-20(24)10-9-14-5-7-15(13-21)8-6-14/h5-8,11-12H,3-4,9-10H2,1-2H3,(H,22,24). The fourth-order valence-corrected chi connectivity index (χ4v) is 2.55. The van der Waals surface area contributed by atoms with E-state index in [9.17, 15) is 14.9 Å². The average Bonchev–Trinajstić information content (AvgIpc) is 2.68. The van der Waals surface area contributed by atoms with E-state index in [2.05, 4.69) is 5.32 Å². The van der Waals surface area contributed by atoms with Crippen molar-refractivity contribution in [3.63, 3.8) is 0 Å². The molecule has 0 heterocycles. The minimum absolute atomic E-state index is 0.0572. The summed E-state index contributed by atoms with van der Waals surface area (Å²) in [5.74, 6) is 0.225. The molecule has 0 fully saturated rings. The molecule has 0 aromatic heterocycles. The van der Waals surface area contributed by atoms with Crippen molar-refractivity contribution in [2.45, 2.75) is 26.7 Å². The van der Waals surface area contributed by atoms with Gasteiger partial charge in [0.25, 0.3) is 5.69 Å². The van der Waals surface area contributed by atoms with Gasteiger partial charge in [0.1, 0.15) is 5.69 Å². The molecule has 2 aromatic carbocycles. The summed E-state index contributed by atoms with van der Waals surface area (Å²) in [5.41, 5.74) is 1.23. The number of hydrogen-bond acceptors (Lipinski definition) is 6. The van der Waals surface area contributed by atoms with Crippen LogP contribution in [-0.4, -0.2) is 24.0 Å². The molecule has 2 rings (SSSR count). The van der Waals surface area contributed by atoms with Crippen LogP contribution < -0.4 is 14.8 Å². The Labute approximate surface area is 162 Å². The number of benzene rings is 2. The quantitative estimate of drug-likeness (QED) is 0.520. The minimum atomic E-state index is -0.575. The van der Waals surface area contributed by atoms with Crippen LogP contribution in [0.3, 0.4) is 0 Å². The fraction of sp³-hybridized carbons (Fsp3) is 0.300. The molecule has 0 aliphatic carbocycles. The van der Waals surface area contributed by atoms with Gasteiger partial charge in [-0.05, 0) is 38.0 Å². The molecule has 0 aliphatic rings. The van der Waals surface area contributed by atoms with E-state index < -0.39 is 4.92 Å². The van der Waals surface area contributed by atoms with E-state index in [4.69, 9.17) is 14.7 Å². The van der Waals surface area contributed by atoms with Crippen LogP contribution in [0, 0.1) is 21.4 Å². The Bertz CT molecular complexity index is 888. The Balaban J connectivity index is 2.15. The van der Waals surface area contributed by atoms with Gasteiger partial charge in [-0.15, -0.1) is 0 Å². The molecule has 28 heavy (non-hydrogen) atoms. The van der Waals surface area contributed by atoms with E-state index in [1.165, 1.54) is 12.1 Å². The lowest BCUT2D eigenvalue weighted by atomic mass is 10.1. The highest BCUT2D eigenvalue weighted by molar-refractivity contribution is 5.93. The van der Waals surface area contributed by atoms with Gasteiger partial charge >= 0.3 is 0 Å². The number of nitriles is 1. The van der Waals surface area contributed by atoms with Crippen LogP contribution in [0.2, 0.25) is 0 Å². The van der Waals surface area contributed by atoms with Crippen LogP contribution in [0.25, 0.3) is 0 Å². The summed E-state index contributed by atoms with van der Waals surface area (Å²) in [6.45, 7) is 4.23. The number of carbonyl (C=O) groups is 1. The van der Waals surface area contributed by atoms with Crippen LogP contribution in [0.5, 0.6) is 11.5 Å². The van der Waals surface area contributed by atoms with Crippen molar-refractivity contribution in [1.29, 1.82) is 5.26 Å². The van der Waals surface area contributed by atoms with Crippen molar-refractivity contribution in [3.05, 3.63) is 57.6 Å². The summed E-state index contributed by atoms with van der Waals surface area (Å²) >= 11 is 0. The third-order valence-corrected chi connectivity index (χ3v) is 3.86. The normalized spacial score (nSPS) is 10.0. The van der Waals surface area contributed by atoms with Crippen molar-refractivity contribution in [1.82, 2.24) is 0 Å². The zero-order valence-electron chi connectivity index (χ0n) is 15.7. The molecule has 0 spiro atoms. The van der Waals surface area contributed by atoms with Crippen LogP contribution in [0.15, 0.2) is 36.4 Å². The van der Waals surface area contributed by atoms with Crippen molar-refractivity contribution in [2.24, 2.45) is 0 Å². The van der Waals surface area contributed by atoms with Crippen molar-refractivity contribution < 1.29 is 19.2 Å². The Hall–Kier alpha value is -3.60. The second kappa shape index (κ2) is 9.92. The smallest absolute Gasteiger partial charge is 0.296 e. The van der Waals surface area contributed by atoms with Gasteiger partial charge in [0.15, 0.2) is 11.5 Å². The number of nitrogens with zero attached hydrogens (tertiary/aromatic N) is 2. The second-order valence-electron chi connectivity index (χ2n) is 5.80.